The molecule has 3 rings (SSSR count). The molecule has 194 valence electrons. The monoisotopic (exact) mass is 483 g/mol. The number of nitrogens with one attached hydrogen (secondary N) is 1. The smallest absolute Gasteiger partial charge is 0.225 e. The van der Waals surface area contributed by atoms with Gasteiger partial charge in [-0.25, -0.2) is 8.78 Å². The summed E-state index contributed by atoms with van der Waals surface area (Å²) in [5, 5.41) is 0. The number of carbonyl (C=O) groups is 1. The van der Waals surface area contributed by atoms with Crippen molar-refractivity contribution >= 4 is 5.91 Å². The lowest BCUT2D eigenvalue weighted by molar-refractivity contribution is -0.136. The number of rotatable bonds is 8. The summed E-state index contributed by atoms with van der Waals surface area (Å²) in [5.41, 5.74) is 3.36. The van der Waals surface area contributed by atoms with Gasteiger partial charge in [0.15, 0.2) is 11.6 Å². The Kier molecular flexibility index (Phi) is 14.6. The summed E-state index contributed by atoms with van der Waals surface area (Å²) < 4.78 is 32.0. The Hall–Kier alpha value is -2.03. The van der Waals surface area contributed by atoms with Gasteiger partial charge in [-0.2, -0.15) is 0 Å². The molecule has 1 aromatic rings. The maximum Gasteiger partial charge on any atom is 0.225 e. The minimum Gasteiger partial charge on any atom is -0.410 e. The van der Waals surface area contributed by atoms with E-state index in [9.17, 15) is 13.6 Å². The minimum atomic E-state index is -0.882. The van der Waals surface area contributed by atoms with Crippen molar-refractivity contribution in [3.63, 3.8) is 0 Å². The number of ether oxygens (including phenoxy) is 1. The van der Waals surface area contributed by atoms with E-state index in [-0.39, 0.29) is 17.9 Å². The van der Waals surface area contributed by atoms with Gasteiger partial charge in [0.1, 0.15) is 12.4 Å². The molecule has 1 unspecified atom stereocenters. The number of unbranched alkanes of at least 4 members (excludes halogenated alkanes) is 1. The zero-order valence-corrected chi connectivity index (χ0v) is 21.7. The minimum absolute atomic E-state index is 0.0402. The molecule has 8 heteroatoms. The van der Waals surface area contributed by atoms with Crippen LogP contribution in [0.5, 0.6) is 0 Å². The van der Waals surface area contributed by atoms with Gasteiger partial charge in [-0.15, -0.1) is 5.48 Å². The normalized spacial score (nSPS) is 17.9. The number of benzene rings is 1. The molecule has 0 aliphatic carbocycles. The Morgan fingerprint density at radius 3 is 2.32 bits per heavy atom. The van der Waals surface area contributed by atoms with Crippen LogP contribution in [0.25, 0.3) is 0 Å². The van der Waals surface area contributed by atoms with Crippen LogP contribution in [0.3, 0.4) is 0 Å². The number of piperazine rings is 1. The van der Waals surface area contributed by atoms with Crippen molar-refractivity contribution < 1.29 is 23.1 Å². The summed E-state index contributed by atoms with van der Waals surface area (Å²) in [6.07, 6.45) is 4.43. The SMILES string of the molecule is CC.CC(C)C(=O)N1CCN(CCOCC2=CC(c3ccc(F)c(F)c3)NO2)CC1.CCCC. The van der Waals surface area contributed by atoms with E-state index in [1.54, 1.807) is 6.08 Å². The molecule has 1 N–H and O–H groups in total. The molecule has 0 bridgehead atoms. The number of hydrogen-bond acceptors (Lipinski definition) is 5. The Labute approximate surface area is 204 Å². The van der Waals surface area contributed by atoms with Crippen LogP contribution in [0.1, 0.15) is 66.0 Å². The molecular weight excluding hydrogens is 440 g/mol. The largest absolute Gasteiger partial charge is 0.410 e. The Bertz CT molecular complexity index is 749. The highest BCUT2D eigenvalue weighted by molar-refractivity contribution is 5.78. The van der Waals surface area contributed by atoms with Crippen LogP contribution in [-0.2, 0) is 14.4 Å². The summed E-state index contributed by atoms with van der Waals surface area (Å²) >= 11 is 0. The van der Waals surface area contributed by atoms with Crippen molar-refractivity contribution in [1.82, 2.24) is 15.3 Å². The van der Waals surface area contributed by atoms with E-state index in [0.29, 0.717) is 24.5 Å². The van der Waals surface area contributed by atoms with E-state index in [0.717, 1.165) is 44.9 Å². The molecule has 1 aromatic carbocycles. The third kappa shape index (κ3) is 10.1. The molecule has 0 saturated carbocycles. The van der Waals surface area contributed by atoms with Crippen LogP contribution in [0.4, 0.5) is 8.78 Å². The zero-order chi connectivity index (χ0) is 25.5. The molecule has 1 fully saturated rings. The maximum absolute atomic E-state index is 13.3. The molecule has 1 amide bonds. The van der Waals surface area contributed by atoms with Crippen LogP contribution in [0.2, 0.25) is 0 Å². The average molecular weight is 484 g/mol. The fourth-order valence-electron chi connectivity index (χ4n) is 3.26. The molecule has 0 spiro atoms. The van der Waals surface area contributed by atoms with Gasteiger partial charge in [-0.1, -0.05) is 60.5 Å². The lowest BCUT2D eigenvalue weighted by Crippen LogP contribution is -2.50. The second kappa shape index (κ2) is 16.6. The fourth-order valence-corrected chi connectivity index (χ4v) is 3.26. The van der Waals surface area contributed by atoms with Gasteiger partial charge in [-0.3, -0.25) is 9.69 Å². The number of carbonyl (C=O) groups excluding carboxylic acids is 1. The third-order valence-electron chi connectivity index (χ3n) is 5.45. The van der Waals surface area contributed by atoms with Crippen molar-refractivity contribution in [2.24, 2.45) is 5.92 Å². The molecule has 2 aliphatic rings. The van der Waals surface area contributed by atoms with E-state index in [1.165, 1.54) is 18.9 Å². The Balaban J connectivity index is 0.000000872. The van der Waals surface area contributed by atoms with Crippen LogP contribution >= 0.6 is 0 Å². The second-order valence-corrected chi connectivity index (χ2v) is 8.38. The predicted octanol–water partition coefficient (Wildman–Crippen LogP) is 5.07. The molecule has 1 atom stereocenters. The Morgan fingerprint density at radius 2 is 1.76 bits per heavy atom. The number of halogens is 2. The second-order valence-electron chi connectivity index (χ2n) is 8.38. The number of hydrogen-bond donors (Lipinski definition) is 1. The van der Waals surface area contributed by atoms with Gasteiger partial charge in [0.2, 0.25) is 5.91 Å². The van der Waals surface area contributed by atoms with Gasteiger partial charge in [0, 0.05) is 38.6 Å². The maximum atomic E-state index is 13.3. The van der Waals surface area contributed by atoms with Crippen LogP contribution < -0.4 is 5.48 Å². The molecule has 34 heavy (non-hydrogen) atoms. The quantitative estimate of drug-likeness (QED) is 0.523. The van der Waals surface area contributed by atoms with Crippen LogP contribution in [0, 0.1) is 17.6 Å². The number of amides is 1. The fraction of sp³-hybridized carbons (Fsp3) is 0.654. The number of hydroxylamine groups is 1. The van der Waals surface area contributed by atoms with Gasteiger partial charge in [0.25, 0.3) is 0 Å². The van der Waals surface area contributed by atoms with E-state index in [4.69, 9.17) is 9.57 Å². The molecular formula is C26H43F2N3O3. The summed E-state index contributed by atoms with van der Waals surface area (Å²) in [5.74, 6) is -0.887. The molecule has 0 aromatic heterocycles. The molecule has 0 radical (unpaired) electrons. The average Bonchev–Trinajstić information content (AvgIpc) is 3.34. The summed E-state index contributed by atoms with van der Waals surface area (Å²) in [6, 6.07) is 3.44. The van der Waals surface area contributed by atoms with Crippen molar-refractivity contribution in [2.45, 2.75) is 60.4 Å². The lowest BCUT2D eigenvalue weighted by atomic mass is 10.1. The van der Waals surface area contributed by atoms with Crippen LogP contribution in [0.15, 0.2) is 30.0 Å². The highest BCUT2D eigenvalue weighted by Gasteiger charge is 2.23. The van der Waals surface area contributed by atoms with E-state index in [1.807, 2.05) is 32.6 Å². The van der Waals surface area contributed by atoms with Crippen molar-refractivity contribution in [1.29, 1.82) is 0 Å². The van der Waals surface area contributed by atoms with Gasteiger partial charge < -0.3 is 14.5 Å². The highest BCUT2D eigenvalue weighted by Crippen LogP contribution is 2.23. The lowest BCUT2D eigenvalue weighted by Gasteiger charge is -2.35. The molecule has 2 heterocycles. The first kappa shape index (κ1) is 30.0. The number of nitrogens with zero attached hydrogens (tertiary/aromatic N) is 2. The molecule has 6 nitrogen and oxygen atoms in total. The van der Waals surface area contributed by atoms with E-state index in [2.05, 4.69) is 24.2 Å². The Morgan fingerprint density at radius 1 is 1.12 bits per heavy atom. The van der Waals surface area contributed by atoms with Crippen molar-refractivity contribution in [3.05, 3.63) is 47.2 Å². The first-order valence-corrected chi connectivity index (χ1v) is 12.5. The summed E-state index contributed by atoms with van der Waals surface area (Å²) in [4.78, 5) is 21.5. The highest BCUT2D eigenvalue weighted by atomic mass is 19.2. The zero-order valence-electron chi connectivity index (χ0n) is 21.7. The predicted molar refractivity (Wildman–Crippen MR) is 132 cm³/mol. The summed E-state index contributed by atoms with van der Waals surface area (Å²) in [6.45, 7) is 17.1. The van der Waals surface area contributed by atoms with Gasteiger partial charge in [0.05, 0.1) is 12.6 Å². The van der Waals surface area contributed by atoms with Gasteiger partial charge in [-0.05, 0) is 23.8 Å². The topological polar surface area (TPSA) is 54.0 Å². The van der Waals surface area contributed by atoms with Crippen molar-refractivity contribution in [2.75, 3.05) is 45.9 Å². The van der Waals surface area contributed by atoms with E-state index < -0.39 is 11.6 Å². The van der Waals surface area contributed by atoms with Crippen molar-refractivity contribution in [3.8, 4) is 0 Å². The third-order valence-corrected chi connectivity index (χ3v) is 5.45. The molecule has 1 saturated heterocycles. The van der Waals surface area contributed by atoms with Gasteiger partial charge >= 0.3 is 0 Å². The molecule has 2 aliphatic heterocycles. The summed E-state index contributed by atoms with van der Waals surface area (Å²) in [7, 11) is 0. The first-order valence-electron chi connectivity index (χ1n) is 12.5. The van der Waals surface area contributed by atoms with E-state index >= 15 is 0 Å². The first-order chi connectivity index (χ1) is 16.3. The standard InChI is InChI=1S/C20H27F2N3O3.C4H10.C2H6/c1-14(2)20(26)25-7-5-24(6-8-25)9-10-27-13-16-12-19(23-28-16)15-3-4-17(21)18(22)11-15;1-3-4-2;1-2/h3-4,11-12,14,19,23H,5-10,13H2,1-2H3;3-4H2,1-2H3;1-2H3. The van der Waals surface area contributed by atoms with Crippen LogP contribution in [-0.4, -0.2) is 61.6 Å².